The van der Waals surface area contributed by atoms with Crippen molar-refractivity contribution in [2.75, 3.05) is 20.7 Å². The largest absolute Gasteiger partial charge is 0.234 e. The fraction of sp³-hybridized carbons (Fsp3) is 0.429. The molecule has 1 atom stereocenters. The lowest BCUT2D eigenvalue weighted by molar-refractivity contribution is -1.05. The van der Waals surface area contributed by atoms with Crippen LogP contribution in [0.1, 0.15) is 0 Å². The molecule has 1 aliphatic heterocycles. The third-order valence-corrected chi connectivity index (χ3v) is 2.71. The van der Waals surface area contributed by atoms with Crippen LogP contribution < -0.4 is 0 Å². The van der Waals surface area contributed by atoms with E-state index >= 15 is 0 Å². The lowest BCUT2D eigenvalue weighted by atomic mass is 10.3. The number of hydrogen-bond donors (Lipinski definition) is 0. The monoisotopic (exact) mass is 238 g/mol. The highest BCUT2D eigenvalue weighted by atomic mass is 79.9. The number of rotatable bonds is 1. The topological polar surface area (TPSA) is 9.23 Å². The highest BCUT2D eigenvalue weighted by Gasteiger charge is 2.30. The van der Waals surface area contributed by atoms with E-state index in [2.05, 4.69) is 15.9 Å². The maximum atomic E-state index is 5.93. The van der Waals surface area contributed by atoms with E-state index < -0.39 is 0 Å². The molecule has 0 N–H and O–H groups in total. The Bertz CT molecular complexity index is 226. The van der Waals surface area contributed by atoms with Gasteiger partial charge < -0.3 is 0 Å². The highest BCUT2D eigenvalue weighted by Crippen LogP contribution is 2.27. The molecule has 1 unspecified atom stereocenters. The molecule has 0 amide bonds. The molecule has 1 aliphatic rings. The van der Waals surface area contributed by atoms with E-state index in [0.29, 0.717) is 9.80 Å². The van der Waals surface area contributed by atoms with Crippen LogP contribution in [0, 0.1) is 0 Å². The van der Waals surface area contributed by atoms with Crippen LogP contribution in [0.15, 0.2) is 21.8 Å². The van der Waals surface area contributed by atoms with Gasteiger partial charge in [-0.15, -0.1) is 4.65 Å². The molecule has 0 spiro atoms. The van der Waals surface area contributed by atoms with Crippen LogP contribution in [0.5, 0.6) is 0 Å². The number of likely N-dealkylation sites (N-methyl/N-ethyl adjacent to an activating group) is 1. The van der Waals surface area contributed by atoms with Crippen LogP contribution in [0.3, 0.4) is 0 Å². The average Bonchev–Trinajstić information content (AvgIpc) is 1.98. The quantitative estimate of drug-likeness (QED) is 0.504. The zero-order valence-electron chi connectivity index (χ0n) is 6.47. The Hall–Kier alpha value is 0.170. The Labute approximate surface area is 79.8 Å². The van der Waals surface area contributed by atoms with Crippen LogP contribution in [-0.4, -0.2) is 25.3 Å². The minimum absolute atomic E-state index is 0.304. The third kappa shape index (κ3) is 1.85. The van der Waals surface area contributed by atoms with Gasteiger partial charge in [0.2, 0.25) is 5.16 Å². The van der Waals surface area contributed by atoms with Crippen molar-refractivity contribution in [3.63, 3.8) is 0 Å². The second-order valence-electron chi connectivity index (χ2n) is 2.54. The van der Waals surface area contributed by atoms with E-state index in [1.54, 1.807) is 7.11 Å². The van der Waals surface area contributed by atoms with Crippen molar-refractivity contribution in [2.45, 2.75) is 0 Å². The first-order valence-electron chi connectivity index (χ1n) is 3.22. The number of allylic oxidation sites excluding steroid dienone is 2. The van der Waals surface area contributed by atoms with E-state index in [9.17, 15) is 0 Å². The maximum Gasteiger partial charge on any atom is 0.234 e. The van der Waals surface area contributed by atoms with Gasteiger partial charge in [-0.2, -0.15) is 4.84 Å². The zero-order chi connectivity index (χ0) is 8.48. The van der Waals surface area contributed by atoms with Crippen molar-refractivity contribution in [3.05, 3.63) is 21.8 Å². The minimum atomic E-state index is 0.304. The van der Waals surface area contributed by atoms with Gasteiger partial charge in [-0.1, -0.05) is 0 Å². The van der Waals surface area contributed by atoms with Gasteiger partial charge in [0.15, 0.2) is 0 Å². The summed E-state index contributed by atoms with van der Waals surface area (Å²) in [4.78, 5) is 5.23. The Balaban J connectivity index is 2.89. The molecule has 0 fully saturated rings. The predicted molar refractivity (Wildman–Crippen MR) is 49.0 cm³/mol. The van der Waals surface area contributed by atoms with Gasteiger partial charge in [0.05, 0.1) is 11.6 Å². The summed E-state index contributed by atoms with van der Waals surface area (Å²) in [7, 11) is 3.55. The van der Waals surface area contributed by atoms with Crippen molar-refractivity contribution in [3.8, 4) is 0 Å². The molecule has 0 aromatic carbocycles. The maximum absolute atomic E-state index is 5.93. The van der Waals surface area contributed by atoms with E-state index in [4.69, 9.17) is 16.4 Å². The Morgan fingerprint density at radius 3 is 2.73 bits per heavy atom. The molecular weight excluding hydrogens is 229 g/mol. The summed E-state index contributed by atoms with van der Waals surface area (Å²) in [6, 6.07) is 0. The SMILES string of the molecule is CO[N+]1(C)CC(Br)=CC=C1Cl. The molecule has 4 heteroatoms. The lowest BCUT2D eigenvalue weighted by Gasteiger charge is -2.29. The fourth-order valence-electron chi connectivity index (χ4n) is 0.885. The molecule has 0 bridgehead atoms. The second-order valence-corrected chi connectivity index (χ2v) is 3.95. The second kappa shape index (κ2) is 3.27. The molecule has 0 saturated heterocycles. The summed E-state index contributed by atoms with van der Waals surface area (Å²) in [5.74, 6) is 0. The van der Waals surface area contributed by atoms with Gasteiger partial charge in [-0.3, -0.25) is 0 Å². The fourth-order valence-corrected chi connectivity index (χ4v) is 1.69. The summed E-state index contributed by atoms with van der Waals surface area (Å²) in [5.41, 5.74) is 0. The molecular formula is C7H10BrClNO+. The first-order chi connectivity index (χ1) is 5.08. The molecule has 0 aliphatic carbocycles. The molecule has 0 aromatic rings. The number of quaternary nitrogens is 1. The van der Waals surface area contributed by atoms with Crippen molar-refractivity contribution in [2.24, 2.45) is 0 Å². The molecule has 0 saturated carbocycles. The van der Waals surface area contributed by atoms with Crippen LogP contribution in [0.25, 0.3) is 0 Å². The van der Waals surface area contributed by atoms with E-state index in [1.807, 2.05) is 19.2 Å². The van der Waals surface area contributed by atoms with Crippen molar-refractivity contribution < 1.29 is 9.48 Å². The van der Waals surface area contributed by atoms with Crippen LogP contribution >= 0.6 is 27.5 Å². The van der Waals surface area contributed by atoms with Gasteiger partial charge in [0.25, 0.3) is 0 Å². The molecule has 0 radical (unpaired) electrons. The molecule has 0 aromatic heterocycles. The highest BCUT2D eigenvalue weighted by molar-refractivity contribution is 9.11. The van der Waals surface area contributed by atoms with Gasteiger partial charge in [0.1, 0.15) is 13.6 Å². The zero-order valence-corrected chi connectivity index (χ0v) is 8.82. The Morgan fingerprint density at radius 2 is 2.27 bits per heavy atom. The van der Waals surface area contributed by atoms with Crippen LogP contribution in [0.2, 0.25) is 0 Å². The predicted octanol–water partition coefficient (Wildman–Crippen LogP) is 2.37. The molecule has 2 nitrogen and oxygen atoms in total. The van der Waals surface area contributed by atoms with Gasteiger partial charge in [-0.05, 0) is 33.6 Å². The van der Waals surface area contributed by atoms with Crippen molar-refractivity contribution in [1.82, 2.24) is 0 Å². The van der Waals surface area contributed by atoms with Crippen molar-refractivity contribution >= 4 is 27.5 Å². The normalized spacial score (nSPS) is 31.3. The number of halogens is 2. The van der Waals surface area contributed by atoms with Crippen LogP contribution in [0.4, 0.5) is 0 Å². The van der Waals surface area contributed by atoms with E-state index in [0.717, 1.165) is 11.0 Å². The average molecular weight is 240 g/mol. The van der Waals surface area contributed by atoms with E-state index in [-0.39, 0.29) is 0 Å². The number of hydrogen-bond acceptors (Lipinski definition) is 1. The Kier molecular flexibility index (Phi) is 2.75. The number of hydroxylamine groups is 3. The lowest BCUT2D eigenvalue weighted by Crippen LogP contribution is -2.42. The van der Waals surface area contributed by atoms with Gasteiger partial charge in [-0.25, -0.2) is 0 Å². The van der Waals surface area contributed by atoms with Crippen molar-refractivity contribution in [1.29, 1.82) is 0 Å². The minimum Gasteiger partial charge on any atom is -0.200 e. The first kappa shape index (κ1) is 9.26. The summed E-state index contributed by atoms with van der Waals surface area (Å²) in [6.45, 7) is 0.742. The molecule has 11 heavy (non-hydrogen) atoms. The Morgan fingerprint density at radius 1 is 1.64 bits per heavy atom. The summed E-state index contributed by atoms with van der Waals surface area (Å²) < 4.78 is 1.39. The van der Waals surface area contributed by atoms with Gasteiger partial charge >= 0.3 is 0 Å². The van der Waals surface area contributed by atoms with Crippen LogP contribution in [-0.2, 0) is 4.84 Å². The van der Waals surface area contributed by atoms with E-state index in [1.165, 1.54) is 0 Å². The number of nitrogens with zero attached hydrogens (tertiary/aromatic N) is 1. The standard InChI is InChI=1S/C7H10BrClNO/c1-10(11-2)5-6(8)3-4-7(10)9/h3-4H,5H2,1-2H3/q+1. The smallest absolute Gasteiger partial charge is 0.200 e. The summed E-state index contributed by atoms with van der Waals surface area (Å²) in [6.07, 6.45) is 3.76. The summed E-state index contributed by atoms with van der Waals surface area (Å²) >= 11 is 9.33. The third-order valence-electron chi connectivity index (χ3n) is 1.71. The van der Waals surface area contributed by atoms with Gasteiger partial charge in [0, 0.05) is 6.08 Å². The summed E-state index contributed by atoms with van der Waals surface area (Å²) in [5, 5.41) is 0.690. The molecule has 1 heterocycles. The molecule has 62 valence electrons. The molecule has 1 rings (SSSR count). The first-order valence-corrected chi connectivity index (χ1v) is 4.39.